The molecule has 8 heteroatoms. The molecule has 0 amide bonds. The summed E-state index contributed by atoms with van der Waals surface area (Å²) in [5, 5.41) is -1.09. The fourth-order valence-corrected chi connectivity index (χ4v) is 2.13. The summed E-state index contributed by atoms with van der Waals surface area (Å²) in [5.41, 5.74) is -3.43. The van der Waals surface area contributed by atoms with E-state index < -0.39 is 39.8 Å². The molecular weight excluding hydrogens is 346 g/mol. The van der Waals surface area contributed by atoms with Gasteiger partial charge in [-0.3, -0.25) is 4.79 Å². The molecule has 0 aliphatic carbocycles. The topological polar surface area (TPSA) is 17.1 Å². The number of alkyl halides is 6. The Bertz CT molecular complexity index is 748. The van der Waals surface area contributed by atoms with Gasteiger partial charge in [0.25, 0.3) is 5.24 Å². The van der Waals surface area contributed by atoms with Gasteiger partial charge in [-0.1, -0.05) is 18.2 Å². The van der Waals surface area contributed by atoms with Gasteiger partial charge in [0.05, 0.1) is 11.1 Å². The molecule has 0 fully saturated rings. The van der Waals surface area contributed by atoms with Gasteiger partial charge in [-0.2, -0.15) is 26.3 Å². The first-order chi connectivity index (χ1) is 10.5. The molecule has 2 aromatic carbocycles. The number of carbonyl (C=O) groups is 1. The van der Waals surface area contributed by atoms with Crippen molar-refractivity contribution >= 4 is 16.8 Å². The number of hydrogen-bond acceptors (Lipinski definition) is 1. The summed E-state index contributed by atoms with van der Waals surface area (Å²) in [6.45, 7) is 0. The van der Waals surface area contributed by atoms with Gasteiger partial charge in [-0.25, -0.2) is 0 Å². The van der Waals surface area contributed by atoms with Crippen molar-refractivity contribution in [2.24, 2.45) is 0 Å². The van der Waals surface area contributed by atoms with Crippen molar-refractivity contribution in [1.29, 1.82) is 0 Å². The Hall–Kier alpha value is -2.02. The van der Waals surface area contributed by atoms with E-state index in [-0.39, 0.29) is 5.56 Å². The van der Waals surface area contributed by atoms with E-state index in [0.717, 1.165) is 30.3 Å². The van der Waals surface area contributed by atoms with Crippen LogP contribution in [0.25, 0.3) is 11.1 Å². The number of halogens is 7. The van der Waals surface area contributed by atoms with E-state index in [1.807, 2.05) is 0 Å². The third kappa shape index (κ3) is 3.85. The lowest BCUT2D eigenvalue weighted by Gasteiger charge is -2.15. The van der Waals surface area contributed by atoms with Crippen molar-refractivity contribution < 1.29 is 31.1 Å². The Labute approximate surface area is 131 Å². The van der Waals surface area contributed by atoms with Crippen LogP contribution in [-0.4, -0.2) is 5.24 Å². The van der Waals surface area contributed by atoms with Gasteiger partial charge < -0.3 is 0 Å². The SMILES string of the molecule is O=C(Cl)c1ccc(-c2cccc(C(F)(F)F)c2)c(C(F)(F)F)c1. The molecular formula is C15H7ClF6O. The van der Waals surface area contributed by atoms with Crippen molar-refractivity contribution in [3.63, 3.8) is 0 Å². The van der Waals surface area contributed by atoms with Gasteiger partial charge in [0.1, 0.15) is 0 Å². The third-order valence-electron chi connectivity index (χ3n) is 3.05. The molecule has 0 heterocycles. The predicted octanol–water partition coefficient (Wildman–Crippen LogP) is 5.77. The molecule has 1 nitrogen and oxygen atoms in total. The molecule has 0 saturated heterocycles. The normalized spacial score (nSPS) is 12.3. The maximum absolute atomic E-state index is 13.1. The molecule has 0 spiro atoms. The molecule has 0 aromatic heterocycles. The zero-order valence-electron chi connectivity index (χ0n) is 11.1. The second kappa shape index (κ2) is 5.88. The second-order valence-electron chi connectivity index (χ2n) is 4.61. The molecule has 2 rings (SSSR count). The summed E-state index contributed by atoms with van der Waals surface area (Å²) >= 11 is 5.15. The third-order valence-corrected chi connectivity index (χ3v) is 3.27. The summed E-state index contributed by atoms with van der Waals surface area (Å²) in [7, 11) is 0. The maximum Gasteiger partial charge on any atom is 0.417 e. The fourth-order valence-electron chi connectivity index (χ4n) is 2.02. The molecule has 0 aliphatic heterocycles. The molecule has 122 valence electrons. The molecule has 0 atom stereocenters. The smallest absolute Gasteiger partial charge is 0.276 e. The van der Waals surface area contributed by atoms with E-state index in [4.69, 9.17) is 11.6 Å². The van der Waals surface area contributed by atoms with Crippen LogP contribution in [0.5, 0.6) is 0 Å². The Morgan fingerprint density at radius 3 is 2.04 bits per heavy atom. The average Bonchev–Trinajstić information content (AvgIpc) is 2.45. The summed E-state index contributed by atoms with van der Waals surface area (Å²) in [6.07, 6.45) is -9.54. The minimum Gasteiger partial charge on any atom is -0.276 e. The van der Waals surface area contributed by atoms with Crippen LogP contribution in [0.2, 0.25) is 0 Å². The van der Waals surface area contributed by atoms with Crippen LogP contribution >= 0.6 is 11.6 Å². The molecule has 0 aliphatic rings. The van der Waals surface area contributed by atoms with Crippen LogP contribution in [0.4, 0.5) is 26.3 Å². The van der Waals surface area contributed by atoms with Crippen molar-refractivity contribution in [2.75, 3.05) is 0 Å². The Morgan fingerprint density at radius 1 is 0.870 bits per heavy atom. The zero-order valence-corrected chi connectivity index (χ0v) is 11.9. The van der Waals surface area contributed by atoms with Gasteiger partial charge in [0.2, 0.25) is 0 Å². The van der Waals surface area contributed by atoms with Crippen LogP contribution in [0, 0.1) is 0 Å². The Kier molecular flexibility index (Phi) is 4.43. The van der Waals surface area contributed by atoms with Crippen molar-refractivity contribution in [3.05, 3.63) is 59.2 Å². The monoisotopic (exact) mass is 352 g/mol. The van der Waals surface area contributed by atoms with Crippen LogP contribution in [0.15, 0.2) is 42.5 Å². The lowest BCUT2D eigenvalue weighted by Crippen LogP contribution is -2.09. The summed E-state index contributed by atoms with van der Waals surface area (Å²) < 4.78 is 77.5. The molecule has 0 bridgehead atoms. The highest BCUT2D eigenvalue weighted by molar-refractivity contribution is 6.67. The highest BCUT2D eigenvalue weighted by Gasteiger charge is 2.35. The quantitative estimate of drug-likeness (QED) is 0.495. The van der Waals surface area contributed by atoms with E-state index in [0.29, 0.717) is 12.1 Å². The number of benzene rings is 2. The minimum atomic E-state index is -4.86. The van der Waals surface area contributed by atoms with E-state index >= 15 is 0 Å². The maximum atomic E-state index is 13.1. The van der Waals surface area contributed by atoms with Gasteiger partial charge in [-0.05, 0) is 47.0 Å². The Morgan fingerprint density at radius 2 is 1.52 bits per heavy atom. The van der Waals surface area contributed by atoms with E-state index in [9.17, 15) is 31.1 Å². The van der Waals surface area contributed by atoms with Gasteiger partial charge in [-0.15, -0.1) is 0 Å². The predicted molar refractivity (Wildman–Crippen MR) is 72.1 cm³/mol. The molecule has 0 N–H and O–H groups in total. The van der Waals surface area contributed by atoms with Crippen LogP contribution in [0.3, 0.4) is 0 Å². The largest absolute Gasteiger partial charge is 0.417 e. The van der Waals surface area contributed by atoms with Crippen molar-refractivity contribution in [2.45, 2.75) is 12.4 Å². The number of hydrogen-bond donors (Lipinski definition) is 0. The molecule has 23 heavy (non-hydrogen) atoms. The minimum absolute atomic E-state index is 0.263. The standard InChI is InChI=1S/C15H7ClF6O/c16-13(23)9-4-5-11(12(7-9)15(20,21)22)8-2-1-3-10(6-8)14(17,18)19/h1-7H. The average molecular weight is 353 g/mol. The van der Waals surface area contributed by atoms with Gasteiger partial charge in [0.15, 0.2) is 0 Å². The van der Waals surface area contributed by atoms with E-state index in [1.165, 1.54) is 0 Å². The first kappa shape index (κ1) is 17.3. The van der Waals surface area contributed by atoms with Crippen LogP contribution in [-0.2, 0) is 12.4 Å². The number of rotatable bonds is 2. The van der Waals surface area contributed by atoms with E-state index in [2.05, 4.69) is 0 Å². The molecule has 0 radical (unpaired) electrons. The molecule has 2 aromatic rings. The molecule has 0 unspecified atom stereocenters. The molecule has 0 saturated carbocycles. The fraction of sp³-hybridized carbons (Fsp3) is 0.133. The van der Waals surface area contributed by atoms with Crippen LogP contribution < -0.4 is 0 Å². The summed E-state index contributed by atoms with van der Waals surface area (Å²) in [5.74, 6) is 0. The second-order valence-corrected chi connectivity index (χ2v) is 4.95. The lowest BCUT2D eigenvalue weighted by molar-refractivity contribution is -0.137. The van der Waals surface area contributed by atoms with Crippen molar-refractivity contribution in [1.82, 2.24) is 0 Å². The first-order valence-corrected chi connectivity index (χ1v) is 6.46. The summed E-state index contributed by atoms with van der Waals surface area (Å²) in [4.78, 5) is 11.0. The zero-order chi connectivity index (χ0) is 17.4. The van der Waals surface area contributed by atoms with Crippen molar-refractivity contribution in [3.8, 4) is 11.1 Å². The summed E-state index contributed by atoms with van der Waals surface area (Å²) in [6, 6.07) is 5.99. The Balaban J connectivity index is 2.66. The first-order valence-electron chi connectivity index (χ1n) is 6.09. The van der Waals surface area contributed by atoms with E-state index in [1.54, 1.807) is 0 Å². The van der Waals surface area contributed by atoms with Crippen LogP contribution in [0.1, 0.15) is 21.5 Å². The van der Waals surface area contributed by atoms with Gasteiger partial charge >= 0.3 is 12.4 Å². The highest BCUT2D eigenvalue weighted by atomic mass is 35.5. The lowest BCUT2D eigenvalue weighted by atomic mass is 9.96. The van der Waals surface area contributed by atoms with Gasteiger partial charge in [0, 0.05) is 5.56 Å². The highest BCUT2D eigenvalue weighted by Crippen LogP contribution is 2.39. The number of carbonyl (C=O) groups excluding carboxylic acids is 1.